The Morgan fingerprint density at radius 2 is 1.74 bits per heavy atom. The number of hydrogen-bond acceptors (Lipinski definition) is 5. The minimum absolute atomic E-state index is 0.312. The molecule has 3 aromatic carbocycles. The maximum absolute atomic E-state index is 12.0. The third-order valence-corrected chi connectivity index (χ3v) is 5.78. The topological polar surface area (TPSA) is 100 Å². The van der Waals surface area contributed by atoms with Gasteiger partial charge in [0.2, 0.25) is 0 Å². The van der Waals surface area contributed by atoms with Gasteiger partial charge < -0.3 is 20.1 Å². The van der Waals surface area contributed by atoms with Crippen LogP contribution in [0.25, 0.3) is 22.2 Å². The number of aromatic amines is 1. The van der Waals surface area contributed by atoms with Gasteiger partial charge in [0.15, 0.2) is 0 Å². The molecular weight excluding hydrogens is 440 g/mol. The molecule has 7 heteroatoms. The molecule has 5 rings (SSSR count). The van der Waals surface area contributed by atoms with Gasteiger partial charge >= 0.3 is 5.97 Å². The van der Waals surface area contributed by atoms with Crippen molar-refractivity contribution in [2.75, 3.05) is 5.32 Å². The van der Waals surface area contributed by atoms with Crippen LogP contribution in [-0.4, -0.2) is 32.1 Å². The highest BCUT2D eigenvalue weighted by atomic mass is 16.5. The number of ether oxygens (including phenoxy) is 1. The second-order valence-electron chi connectivity index (χ2n) is 8.19. The Kier molecular flexibility index (Phi) is 6.39. The number of H-pyrrole nitrogens is 1. The van der Waals surface area contributed by atoms with Crippen molar-refractivity contribution in [2.45, 2.75) is 19.1 Å². The number of nitrogens with one attached hydrogen (secondary N) is 2. The van der Waals surface area contributed by atoms with Gasteiger partial charge in [-0.25, -0.2) is 14.8 Å². The first-order valence-corrected chi connectivity index (χ1v) is 11.3. The number of aliphatic carboxylic acids is 1. The van der Waals surface area contributed by atoms with Crippen molar-refractivity contribution in [1.82, 2.24) is 15.0 Å². The lowest BCUT2D eigenvalue weighted by molar-refractivity contribution is -0.137. The van der Waals surface area contributed by atoms with Gasteiger partial charge in [0, 0.05) is 35.2 Å². The Morgan fingerprint density at radius 1 is 0.971 bits per heavy atom. The lowest BCUT2D eigenvalue weighted by Crippen LogP contribution is -2.31. The molecule has 0 aliphatic heterocycles. The van der Waals surface area contributed by atoms with Crippen LogP contribution < -0.4 is 10.1 Å². The van der Waals surface area contributed by atoms with Crippen molar-refractivity contribution in [1.29, 1.82) is 0 Å². The first kappa shape index (κ1) is 22.2. The van der Waals surface area contributed by atoms with Crippen LogP contribution in [0.4, 0.5) is 5.82 Å². The molecule has 0 saturated heterocycles. The van der Waals surface area contributed by atoms with E-state index in [2.05, 4.69) is 20.3 Å². The SMILES string of the molecule is O=C(O)[C@H](Cc1c[nH]c2ccccc12)Nc1cc(-c2ccc(OCc3ccccc3)cc2)ncn1. The zero-order valence-corrected chi connectivity index (χ0v) is 18.9. The highest BCUT2D eigenvalue weighted by Crippen LogP contribution is 2.24. The molecule has 0 unspecified atom stereocenters. The van der Waals surface area contributed by atoms with Gasteiger partial charge in [-0.2, -0.15) is 0 Å². The maximum Gasteiger partial charge on any atom is 0.326 e. The molecule has 0 aliphatic rings. The number of carbonyl (C=O) groups is 1. The minimum Gasteiger partial charge on any atom is -0.489 e. The normalized spacial score (nSPS) is 11.8. The van der Waals surface area contributed by atoms with Crippen LogP contribution in [0.1, 0.15) is 11.1 Å². The summed E-state index contributed by atoms with van der Waals surface area (Å²) in [6.07, 6.45) is 3.60. The van der Waals surface area contributed by atoms with Crippen molar-refractivity contribution in [3.05, 3.63) is 109 Å². The van der Waals surface area contributed by atoms with Crippen molar-refractivity contribution in [2.24, 2.45) is 0 Å². The number of nitrogens with zero attached hydrogens (tertiary/aromatic N) is 2. The van der Waals surface area contributed by atoms with Crippen LogP contribution in [0.15, 0.2) is 97.5 Å². The average molecular weight is 465 g/mol. The predicted octanol–water partition coefficient (Wildman–Crippen LogP) is 5.31. The first-order valence-electron chi connectivity index (χ1n) is 11.3. The molecule has 0 radical (unpaired) electrons. The molecule has 2 aromatic heterocycles. The van der Waals surface area contributed by atoms with Crippen molar-refractivity contribution in [3.63, 3.8) is 0 Å². The summed E-state index contributed by atoms with van der Waals surface area (Å²) < 4.78 is 5.85. The van der Waals surface area contributed by atoms with Gasteiger partial charge in [0.25, 0.3) is 0 Å². The van der Waals surface area contributed by atoms with Crippen molar-refractivity contribution >= 4 is 22.7 Å². The summed E-state index contributed by atoms with van der Waals surface area (Å²) >= 11 is 0. The fourth-order valence-corrected chi connectivity index (χ4v) is 3.96. The van der Waals surface area contributed by atoms with E-state index < -0.39 is 12.0 Å². The fourth-order valence-electron chi connectivity index (χ4n) is 3.96. The van der Waals surface area contributed by atoms with Gasteiger partial charge in [-0.1, -0.05) is 48.5 Å². The van der Waals surface area contributed by atoms with Crippen LogP contribution in [0, 0.1) is 0 Å². The van der Waals surface area contributed by atoms with Gasteiger partial charge in [-0.3, -0.25) is 0 Å². The van der Waals surface area contributed by atoms with Crippen LogP contribution in [0.3, 0.4) is 0 Å². The van der Waals surface area contributed by atoms with Crippen LogP contribution in [0.5, 0.6) is 5.75 Å². The van der Waals surface area contributed by atoms with Gasteiger partial charge in [-0.15, -0.1) is 0 Å². The van der Waals surface area contributed by atoms with E-state index in [1.165, 1.54) is 6.33 Å². The molecule has 3 N–H and O–H groups in total. The van der Waals surface area contributed by atoms with E-state index in [-0.39, 0.29) is 0 Å². The lowest BCUT2D eigenvalue weighted by Gasteiger charge is -2.15. The van der Waals surface area contributed by atoms with Crippen LogP contribution >= 0.6 is 0 Å². The number of aromatic nitrogens is 3. The van der Waals surface area contributed by atoms with E-state index in [0.717, 1.165) is 33.3 Å². The molecule has 0 spiro atoms. The Bertz CT molecular complexity index is 1430. The highest BCUT2D eigenvalue weighted by Gasteiger charge is 2.20. The molecule has 35 heavy (non-hydrogen) atoms. The van der Waals surface area contributed by atoms with Gasteiger partial charge in [0.05, 0.1) is 5.69 Å². The molecule has 174 valence electrons. The highest BCUT2D eigenvalue weighted by molar-refractivity contribution is 5.85. The molecule has 5 aromatic rings. The Hall–Kier alpha value is -4.65. The summed E-state index contributed by atoms with van der Waals surface area (Å²) in [7, 11) is 0. The molecule has 0 aliphatic carbocycles. The third kappa shape index (κ3) is 5.30. The second kappa shape index (κ2) is 10.1. The van der Waals surface area contributed by atoms with Crippen molar-refractivity contribution < 1.29 is 14.6 Å². The summed E-state index contributed by atoms with van der Waals surface area (Å²) in [5.41, 5.74) is 4.58. The van der Waals surface area contributed by atoms with E-state index in [1.54, 1.807) is 6.07 Å². The summed E-state index contributed by atoms with van der Waals surface area (Å²) in [5.74, 6) is 0.261. The Morgan fingerprint density at radius 3 is 2.54 bits per heavy atom. The fraction of sp³-hybridized carbons (Fsp3) is 0.107. The number of rotatable bonds is 9. The van der Waals surface area contributed by atoms with Crippen LogP contribution in [0.2, 0.25) is 0 Å². The van der Waals surface area contributed by atoms with E-state index in [0.29, 0.717) is 24.5 Å². The quantitative estimate of drug-likeness (QED) is 0.273. The molecule has 0 bridgehead atoms. The molecule has 0 saturated carbocycles. The molecule has 2 heterocycles. The number of para-hydroxylation sites is 1. The van der Waals surface area contributed by atoms with Gasteiger partial charge in [-0.05, 0) is 41.5 Å². The van der Waals surface area contributed by atoms with Crippen molar-refractivity contribution in [3.8, 4) is 17.0 Å². The van der Waals surface area contributed by atoms with E-state index in [1.807, 2.05) is 85.1 Å². The molecule has 1 atom stereocenters. The molecule has 0 amide bonds. The number of carboxylic acid groups (broad SMARTS) is 1. The summed E-state index contributed by atoms with van der Waals surface area (Å²) in [6.45, 7) is 0.495. The summed E-state index contributed by atoms with van der Waals surface area (Å²) in [6, 6.07) is 26.4. The zero-order valence-electron chi connectivity index (χ0n) is 18.9. The zero-order chi connectivity index (χ0) is 24.0. The monoisotopic (exact) mass is 464 g/mol. The van der Waals surface area contributed by atoms with E-state index >= 15 is 0 Å². The minimum atomic E-state index is -0.949. The average Bonchev–Trinajstić information content (AvgIpc) is 3.31. The Labute approximate surface area is 202 Å². The number of benzene rings is 3. The lowest BCUT2D eigenvalue weighted by atomic mass is 10.0. The summed E-state index contributed by atoms with van der Waals surface area (Å²) in [4.78, 5) is 23.8. The summed E-state index contributed by atoms with van der Waals surface area (Å²) in [5, 5.41) is 13.9. The number of fused-ring (bicyclic) bond motifs is 1. The maximum atomic E-state index is 12.0. The first-order chi connectivity index (χ1) is 17.2. The Balaban J connectivity index is 1.28. The number of carboxylic acids is 1. The third-order valence-electron chi connectivity index (χ3n) is 5.78. The molecule has 0 fully saturated rings. The molecular formula is C28H24N4O3. The van der Waals surface area contributed by atoms with E-state index in [9.17, 15) is 9.90 Å². The second-order valence-corrected chi connectivity index (χ2v) is 8.19. The molecule has 7 nitrogen and oxygen atoms in total. The van der Waals surface area contributed by atoms with E-state index in [4.69, 9.17) is 4.74 Å². The van der Waals surface area contributed by atoms with Gasteiger partial charge in [0.1, 0.15) is 30.5 Å². The predicted molar refractivity (Wildman–Crippen MR) is 135 cm³/mol. The number of anilines is 1. The largest absolute Gasteiger partial charge is 0.489 e. The standard InChI is InChI=1S/C28H24N4O3/c33-28(34)26(14-21-16-29-24-9-5-4-8-23(21)24)32-27-15-25(30-18-31-27)20-10-12-22(13-11-20)35-17-19-6-2-1-3-7-19/h1-13,15-16,18,26,29H,14,17H2,(H,33,34)(H,30,31,32)/t26-/m0/s1. The van der Waals surface area contributed by atoms with Crippen LogP contribution in [-0.2, 0) is 17.8 Å². The number of hydrogen-bond donors (Lipinski definition) is 3. The smallest absolute Gasteiger partial charge is 0.326 e.